The number of anilines is 1. The van der Waals surface area contributed by atoms with Gasteiger partial charge in [-0.3, -0.25) is 4.68 Å². The Morgan fingerprint density at radius 2 is 2.26 bits per heavy atom. The lowest BCUT2D eigenvalue weighted by molar-refractivity contribution is 0.767. The first-order chi connectivity index (χ1) is 9.22. The maximum Gasteiger partial charge on any atom is 0.180 e. The summed E-state index contributed by atoms with van der Waals surface area (Å²) in [6.07, 6.45) is 10.3. The van der Waals surface area contributed by atoms with Gasteiger partial charge in [-0.25, -0.2) is 9.97 Å². The largest absolute Gasteiger partial charge is 0.367 e. The number of nitrogens with zero attached hydrogens (tertiary/aromatic N) is 5. The van der Waals surface area contributed by atoms with Gasteiger partial charge in [0, 0.05) is 38.4 Å². The van der Waals surface area contributed by atoms with Crippen molar-refractivity contribution in [1.82, 2.24) is 24.1 Å². The van der Waals surface area contributed by atoms with Gasteiger partial charge in [0.1, 0.15) is 4.60 Å². The van der Waals surface area contributed by atoms with Crippen molar-refractivity contribution in [3.05, 3.63) is 41.2 Å². The molecule has 0 unspecified atom stereocenters. The minimum atomic E-state index is 0.780. The van der Waals surface area contributed by atoms with E-state index in [-0.39, 0.29) is 0 Å². The zero-order chi connectivity index (χ0) is 13.2. The number of imidazole rings is 1. The zero-order valence-electron chi connectivity index (χ0n) is 10.4. The van der Waals surface area contributed by atoms with Crippen molar-refractivity contribution in [3.63, 3.8) is 0 Å². The summed E-state index contributed by atoms with van der Waals surface area (Å²) in [5, 5.41) is 7.46. The molecular weight excluding hydrogens is 308 g/mol. The molecule has 0 fully saturated rings. The fourth-order valence-electron chi connectivity index (χ4n) is 1.95. The first-order valence-corrected chi connectivity index (χ1v) is 6.72. The number of aromatic nitrogens is 5. The van der Waals surface area contributed by atoms with Crippen LogP contribution in [-0.2, 0) is 13.5 Å². The molecule has 3 aromatic rings. The van der Waals surface area contributed by atoms with Crippen LogP contribution in [-0.4, -0.2) is 30.7 Å². The molecule has 0 aliphatic rings. The van der Waals surface area contributed by atoms with Gasteiger partial charge in [0.25, 0.3) is 0 Å². The van der Waals surface area contributed by atoms with Gasteiger partial charge in [0.05, 0.1) is 6.20 Å². The van der Waals surface area contributed by atoms with E-state index in [1.165, 1.54) is 5.56 Å². The Hall–Kier alpha value is -1.89. The third-order valence-corrected chi connectivity index (χ3v) is 3.19. The summed E-state index contributed by atoms with van der Waals surface area (Å²) in [5.41, 5.74) is 2.03. The van der Waals surface area contributed by atoms with Gasteiger partial charge >= 0.3 is 0 Å². The van der Waals surface area contributed by atoms with E-state index in [0.29, 0.717) is 0 Å². The van der Waals surface area contributed by atoms with Gasteiger partial charge < -0.3 is 9.72 Å². The van der Waals surface area contributed by atoms with Crippen molar-refractivity contribution in [2.45, 2.75) is 6.42 Å². The van der Waals surface area contributed by atoms with Crippen molar-refractivity contribution in [3.8, 4) is 0 Å². The fraction of sp³-hybridized carbons (Fsp3) is 0.250. The van der Waals surface area contributed by atoms with Crippen LogP contribution in [0.15, 0.2) is 35.6 Å². The van der Waals surface area contributed by atoms with Gasteiger partial charge in [-0.15, -0.1) is 0 Å². The third-order valence-electron chi connectivity index (χ3n) is 2.81. The second kappa shape index (κ2) is 5.00. The Morgan fingerprint density at radius 1 is 1.37 bits per heavy atom. The summed E-state index contributed by atoms with van der Waals surface area (Å²) in [5.74, 6) is 0.781. The molecule has 0 aliphatic carbocycles. The normalized spacial score (nSPS) is 11.1. The molecule has 0 spiro atoms. The quantitative estimate of drug-likeness (QED) is 0.797. The smallest absolute Gasteiger partial charge is 0.180 e. The number of rotatable bonds is 4. The monoisotopic (exact) mass is 320 g/mol. The van der Waals surface area contributed by atoms with E-state index in [4.69, 9.17) is 0 Å². The predicted molar refractivity (Wildman–Crippen MR) is 76.1 cm³/mol. The second-order valence-corrected chi connectivity index (χ2v) is 5.08. The number of nitrogens with one attached hydrogen (secondary N) is 1. The lowest BCUT2D eigenvalue weighted by Gasteiger charge is -2.06. The maximum atomic E-state index is 4.41. The molecule has 0 aliphatic heterocycles. The molecule has 1 N–H and O–H groups in total. The van der Waals surface area contributed by atoms with Crippen molar-refractivity contribution in [2.75, 3.05) is 11.9 Å². The highest BCUT2D eigenvalue weighted by molar-refractivity contribution is 9.10. The van der Waals surface area contributed by atoms with Crippen LogP contribution in [0.5, 0.6) is 0 Å². The summed E-state index contributed by atoms with van der Waals surface area (Å²) < 4.78 is 4.52. The molecule has 3 heterocycles. The van der Waals surface area contributed by atoms with Crippen LogP contribution in [0.3, 0.4) is 0 Å². The molecule has 0 radical (unpaired) electrons. The van der Waals surface area contributed by atoms with Crippen LogP contribution < -0.4 is 5.32 Å². The lowest BCUT2D eigenvalue weighted by atomic mass is 10.2. The molecular formula is C12H13BrN6. The molecule has 6 nitrogen and oxygen atoms in total. The minimum Gasteiger partial charge on any atom is -0.367 e. The Kier molecular flexibility index (Phi) is 3.20. The molecule has 98 valence electrons. The van der Waals surface area contributed by atoms with Crippen molar-refractivity contribution in [1.29, 1.82) is 0 Å². The van der Waals surface area contributed by atoms with Crippen LogP contribution in [0.4, 0.5) is 5.82 Å². The van der Waals surface area contributed by atoms with E-state index < -0.39 is 0 Å². The Bertz CT molecular complexity index is 701. The van der Waals surface area contributed by atoms with Crippen LogP contribution in [0.1, 0.15) is 5.56 Å². The summed E-state index contributed by atoms with van der Waals surface area (Å²) >= 11 is 3.40. The van der Waals surface area contributed by atoms with Gasteiger partial charge in [-0.05, 0) is 27.9 Å². The standard InChI is InChI=1S/C12H13BrN6/c1-18-7-9(6-16-18)2-3-14-11-12-15-4-5-19(12)8-10(13)17-11/h4-8H,2-3H2,1H3,(H,14,17). The maximum absolute atomic E-state index is 4.41. The third kappa shape index (κ3) is 2.60. The highest BCUT2D eigenvalue weighted by atomic mass is 79.9. The Morgan fingerprint density at radius 3 is 3.05 bits per heavy atom. The van der Waals surface area contributed by atoms with Gasteiger partial charge in [0.2, 0.25) is 0 Å². The average molecular weight is 321 g/mol. The highest BCUT2D eigenvalue weighted by Gasteiger charge is 2.06. The Balaban J connectivity index is 1.73. The number of hydrogen-bond acceptors (Lipinski definition) is 4. The molecule has 3 rings (SSSR count). The molecule has 3 aromatic heterocycles. The topological polar surface area (TPSA) is 60.0 Å². The second-order valence-electron chi connectivity index (χ2n) is 4.27. The van der Waals surface area contributed by atoms with Gasteiger partial charge in [0.15, 0.2) is 11.5 Å². The van der Waals surface area contributed by atoms with E-state index in [0.717, 1.165) is 29.0 Å². The molecule has 0 aromatic carbocycles. The molecule has 0 saturated heterocycles. The van der Waals surface area contributed by atoms with Crippen molar-refractivity contribution in [2.24, 2.45) is 7.05 Å². The van der Waals surface area contributed by atoms with E-state index in [1.54, 1.807) is 10.9 Å². The first-order valence-electron chi connectivity index (χ1n) is 5.93. The minimum absolute atomic E-state index is 0.780. The van der Waals surface area contributed by atoms with Crippen molar-refractivity contribution < 1.29 is 0 Å². The van der Waals surface area contributed by atoms with Gasteiger partial charge in [-0.1, -0.05) is 0 Å². The highest BCUT2D eigenvalue weighted by Crippen LogP contribution is 2.16. The van der Waals surface area contributed by atoms with E-state index in [1.807, 2.05) is 36.2 Å². The molecule has 7 heteroatoms. The molecule has 19 heavy (non-hydrogen) atoms. The summed E-state index contributed by atoms with van der Waals surface area (Å²) in [6, 6.07) is 0. The fourth-order valence-corrected chi connectivity index (χ4v) is 2.34. The Labute approximate surface area is 118 Å². The molecule has 0 bridgehead atoms. The van der Waals surface area contributed by atoms with Crippen LogP contribution >= 0.6 is 15.9 Å². The SMILES string of the molecule is Cn1cc(CCNc2nc(Br)cn3ccnc23)cn1. The van der Waals surface area contributed by atoms with Crippen LogP contribution in [0, 0.1) is 0 Å². The molecule has 0 amide bonds. The number of aryl methyl sites for hydroxylation is 1. The van der Waals surface area contributed by atoms with E-state index in [2.05, 4.69) is 36.3 Å². The van der Waals surface area contributed by atoms with Gasteiger partial charge in [-0.2, -0.15) is 5.10 Å². The molecule has 0 atom stereocenters. The predicted octanol–water partition coefficient (Wildman–Crippen LogP) is 1.88. The molecule has 0 saturated carbocycles. The van der Waals surface area contributed by atoms with E-state index in [9.17, 15) is 0 Å². The van der Waals surface area contributed by atoms with E-state index >= 15 is 0 Å². The summed E-state index contributed by atoms with van der Waals surface area (Å²) in [7, 11) is 1.92. The number of halogens is 1. The average Bonchev–Trinajstić information content (AvgIpc) is 2.98. The zero-order valence-corrected chi connectivity index (χ0v) is 12.0. The summed E-state index contributed by atoms with van der Waals surface area (Å²) in [6.45, 7) is 0.789. The number of fused-ring (bicyclic) bond motifs is 1. The lowest BCUT2D eigenvalue weighted by Crippen LogP contribution is -2.08. The number of hydrogen-bond donors (Lipinski definition) is 1. The summed E-state index contributed by atoms with van der Waals surface area (Å²) in [4.78, 5) is 8.70. The van der Waals surface area contributed by atoms with Crippen LogP contribution in [0.2, 0.25) is 0 Å². The van der Waals surface area contributed by atoms with Crippen molar-refractivity contribution >= 4 is 27.4 Å². The van der Waals surface area contributed by atoms with Crippen LogP contribution in [0.25, 0.3) is 5.65 Å². The first kappa shape index (κ1) is 12.2.